The van der Waals surface area contributed by atoms with Crippen LogP contribution in [0.1, 0.15) is 32.5 Å². The molecule has 1 aromatic rings. The number of piperazine rings is 1. The Bertz CT molecular complexity index is 468. The topological polar surface area (TPSA) is 74.7 Å². The highest BCUT2D eigenvalue weighted by atomic mass is 16.6. The van der Waals surface area contributed by atoms with Gasteiger partial charge in [-0.3, -0.25) is 9.88 Å². The second kappa shape index (κ2) is 5.66. The molecular formula is C14H21N3O3. The van der Waals surface area contributed by atoms with Crippen molar-refractivity contribution < 1.29 is 14.6 Å². The molecule has 0 aromatic carbocycles. The predicted octanol–water partition coefficient (Wildman–Crippen LogP) is 1.67. The van der Waals surface area contributed by atoms with E-state index >= 15 is 0 Å². The minimum Gasteiger partial charge on any atom is -0.506 e. The Hall–Kier alpha value is -1.82. The number of amides is 1. The molecule has 1 aliphatic heterocycles. The molecule has 2 N–H and O–H groups in total. The lowest BCUT2D eigenvalue weighted by Crippen LogP contribution is -2.50. The van der Waals surface area contributed by atoms with E-state index in [1.807, 2.05) is 20.8 Å². The van der Waals surface area contributed by atoms with Crippen LogP contribution in [0, 0.1) is 0 Å². The van der Waals surface area contributed by atoms with Gasteiger partial charge < -0.3 is 15.2 Å². The number of ether oxygens (including phenoxy) is 1. The Morgan fingerprint density at radius 1 is 1.50 bits per heavy atom. The number of rotatable bonds is 1. The summed E-state index contributed by atoms with van der Waals surface area (Å²) in [6, 6.07) is 3.12. The van der Waals surface area contributed by atoms with Crippen LogP contribution >= 0.6 is 0 Å². The molecule has 1 atom stereocenters. The van der Waals surface area contributed by atoms with Gasteiger partial charge in [0.1, 0.15) is 11.4 Å². The molecule has 110 valence electrons. The van der Waals surface area contributed by atoms with E-state index in [9.17, 15) is 9.90 Å². The van der Waals surface area contributed by atoms with Crippen molar-refractivity contribution in [1.82, 2.24) is 15.2 Å². The average Bonchev–Trinajstić information content (AvgIpc) is 2.38. The van der Waals surface area contributed by atoms with Crippen LogP contribution in [0.4, 0.5) is 4.79 Å². The Labute approximate surface area is 118 Å². The minimum atomic E-state index is -0.519. The van der Waals surface area contributed by atoms with Crippen LogP contribution in [-0.4, -0.2) is 46.3 Å². The van der Waals surface area contributed by atoms with Gasteiger partial charge in [-0.15, -0.1) is 0 Å². The number of hydrogen-bond donors (Lipinski definition) is 2. The zero-order valence-electron chi connectivity index (χ0n) is 12.1. The highest BCUT2D eigenvalue weighted by Gasteiger charge is 2.32. The SMILES string of the molecule is CC(C)(C)OC(=O)N1CCNCC1c1ccc(O)cn1. The number of carbonyl (C=O) groups is 1. The minimum absolute atomic E-state index is 0.112. The van der Waals surface area contributed by atoms with E-state index < -0.39 is 5.60 Å². The maximum Gasteiger partial charge on any atom is 0.410 e. The highest BCUT2D eigenvalue weighted by molar-refractivity contribution is 5.69. The largest absolute Gasteiger partial charge is 0.506 e. The zero-order chi connectivity index (χ0) is 14.8. The summed E-state index contributed by atoms with van der Waals surface area (Å²) in [7, 11) is 0. The van der Waals surface area contributed by atoms with Crippen LogP contribution < -0.4 is 5.32 Å². The summed E-state index contributed by atoms with van der Waals surface area (Å²) >= 11 is 0. The second-order valence-electron chi connectivity index (χ2n) is 5.83. The Morgan fingerprint density at radius 3 is 2.85 bits per heavy atom. The summed E-state index contributed by atoms with van der Waals surface area (Å²) in [6.45, 7) is 7.47. The lowest BCUT2D eigenvalue weighted by molar-refractivity contribution is 0.0113. The third-order valence-electron chi connectivity index (χ3n) is 2.98. The summed E-state index contributed by atoms with van der Waals surface area (Å²) in [5.41, 5.74) is 0.218. The zero-order valence-corrected chi connectivity index (χ0v) is 12.1. The van der Waals surface area contributed by atoms with Gasteiger partial charge in [0.2, 0.25) is 0 Å². The lowest BCUT2D eigenvalue weighted by atomic mass is 10.1. The molecule has 6 nitrogen and oxygen atoms in total. The standard InChI is InChI=1S/C14H21N3O3/c1-14(2,3)20-13(19)17-7-6-15-9-12(17)11-5-4-10(18)8-16-11/h4-5,8,12,15,18H,6-7,9H2,1-3H3. The molecule has 20 heavy (non-hydrogen) atoms. The van der Waals surface area contributed by atoms with Gasteiger partial charge in [0.15, 0.2) is 0 Å². The molecule has 6 heteroatoms. The van der Waals surface area contributed by atoms with Crippen molar-refractivity contribution in [2.75, 3.05) is 19.6 Å². The molecule has 0 radical (unpaired) electrons. The van der Waals surface area contributed by atoms with Crippen LogP contribution in [0.3, 0.4) is 0 Å². The summed E-state index contributed by atoms with van der Waals surface area (Å²) < 4.78 is 5.43. The van der Waals surface area contributed by atoms with Gasteiger partial charge in [0.25, 0.3) is 0 Å². The van der Waals surface area contributed by atoms with Crippen molar-refractivity contribution in [1.29, 1.82) is 0 Å². The molecule has 1 fully saturated rings. The summed E-state index contributed by atoms with van der Waals surface area (Å²) in [4.78, 5) is 18.1. The fraction of sp³-hybridized carbons (Fsp3) is 0.571. The number of nitrogens with zero attached hydrogens (tertiary/aromatic N) is 2. The third-order valence-corrected chi connectivity index (χ3v) is 2.98. The van der Waals surface area contributed by atoms with Crippen molar-refractivity contribution in [2.45, 2.75) is 32.4 Å². The Balaban J connectivity index is 2.16. The quantitative estimate of drug-likeness (QED) is 0.818. The van der Waals surface area contributed by atoms with Crippen LogP contribution in [-0.2, 0) is 4.74 Å². The van der Waals surface area contributed by atoms with Gasteiger partial charge in [-0.2, -0.15) is 0 Å². The van der Waals surface area contributed by atoms with Crippen LogP contribution in [0.25, 0.3) is 0 Å². The van der Waals surface area contributed by atoms with E-state index in [1.54, 1.807) is 17.0 Å². The number of carbonyl (C=O) groups excluding carboxylic acids is 1. The maximum absolute atomic E-state index is 12.3. The van der Waals surface area contributed by atoms with Crippen molar-refractivity contribution in [2.24, 2.45) is 0 Å². The molecule has 0 spiro atoms. The van der Waals surface area contributed by atoms with Crippen molar-refractivity contribution in [3.05, 3.63) is 24.0 Å². The van der Waals surface area contributed by atoms with Gasteiger partial charge in [0, 0.05) is 19.6 Å². The summed E-state index contributed by atoms with van der Waals surface area (Å²) in [5.74, 6) is 0.112. The molecule has 0 aliphatic carbocycles. The van der Waals surface area contributed by atoms with Gasteiger partial charge in [-0.25, -0.2) is 4.79 Å². The van der Waals surface area contributed by atoms with E-state index in [1.165, 1.54) is 6.20 Å². The molecule has 1 saturated heterocycles. The second-order valence-corrected chi connectivity index (χ2v) is 5.83. The molecule has 0 bridgehead atoms. The number of aromatic hydroxyl groups is 1. The van der Waals surface area contributed by atoms with Gasteiger partial charge in [-0.1, -0.05) is 0 Å². The van der Waals surface area contributed by atoms with Crippen molar-refractivity contribution in [3.8, 4) is 5.75 Å². The van der Waals surface area contributed by atoms with Gasteiger partial charge >= 0.3 is 6.09 Å². The molecular weight excluding hydrogens is 258 g/mol. The fourth-order valence-electron chi connectivity index (χ4n) is 2.10. The normalized spacial score (nSPS) is 19.8. The van der Waals surface area contributed by atoms with E-state index in [2.05, 4.69) is 10.3 Å². The first-order valence-electron chi connectivity index (χ1n) is 6.72. The van der Waals surface area contributed by atoms with E-state index in [-0.39, 0.29) is 17.9 Å². The molecule has 2 rings (SSSR count). The van der Waals surface area contributed by atoms with E-state index in [0.29, 0.717) is 13.1 Å². The monoisotopic (exact) mass is 279 g/mol. The molecule has 1 aromatic heterocycles. The van der Waals surface area contributed by atoms with Crippen LogP contribution in [0.5, 0.6) is 5.75 Å². The molecule has 2 heterocycles. The molecule has 1 amide bonds. The van der Waals surface area contributed by atoms with E-state index in [0.717, 1.165) is 12.2 Å². The summed E-state index contributed by atoms with van der Waals surface area (Å²) in [6.07, 6.45) is 1.05. The summed E-state index contributed by atoms with van der Waals surface area (Å²) in [5, 5.41) is 12.5. The molecule has 1 aliphatic rings. The lowest BCUT2D eigenvalue weighted by Gasteiger charge is -2.36. The van der Waals surface area contributed by atoms with Gasteiger partial charge in [0.05, 0.1) is 17.9 Å². The predicted molar refractivity (Wildman–Crippen MR) is 74.5 cm³/mol. The highest BCUT2D eigenvalue weighted by Crippen LogP contribution is 2.24. The number of nitrogens with one attached hydrogen (secondary N) is 1. The molecule has 1 unspecified atom stereocenters. The molecule has 0 saturated carbocycles. The fourth-order valence-corrected chi connectivity index (χ4v) is 2.10. The Kier molecular flexibility index (Phi) is 4.13. The average molecular weight is 279 g/mol. The third kappa shape index (κ3) is 3.60. The van der Waals surface area contributed by atoms with Crippen molar-refractivity contribution in [3.63, 3.8) is 0 Å². The number of aromatic nitrogens is 1. The first kappa shape index (κ1) is 14.6. The maximum atomic E-state index is 12.3. The first-order chi connectivity index (χ1) is 9.37. The smallest absolute Gasteiger partial charge is 0.410 e. The van der Waals surface area contributed by atoms with E-state index in [4.69, 9.17) is 4.74 Å². The number of hydrogen-bond acceptors (Lipinski definition) is 5. The van der Waals surface area contributed by atoms with Gasteiger partial charge in [-0.05, 0) is 32.9 Å². The van der Waals surface area contributed by atoms with Crippen LogP contribution in [0.2, 0.25) is 0 Å². The van der Waals surface area contributed by atoms with Crippen molar-refractivity contribution >= 4 is 6.09 Å². The number of pyridine rings is 1. The first-order valence-corrected chi connectivity index (χ1v) is 6.72. The Morgan fingerprint density at radius 2 is 2.25 bits per heavy atom. The van der Waals surface area contributed by atoms with Crippen LogP contribution in [0.15, 0.2) is 18.3 Å².